The van der Waals surface area contributed by atoms with Gasteiger partial charge in [-0.15, -0.1) is 0 Å². The van der Waals surface area contributed by atoms with E-state index in [-0.39, 0.29) is 17.6 Å². The fourth-order valence-electron chi connectivity index (χ4n) is 2.84. The van der Waals surface area contributed by atoms with Gasteiger partial charge in [-0.3, -0.25) is 4.79 Å². The molecule has 0 unspecified atom stereocenters. The average Bonchev–Trinajstić information content (AvgIpc) is 2.37. The third kappa shape index (κ3) is 4.09. The summed E-state index contributed by atoms with van der Waals surface area (Å²) in [7, 11) is 0. The van der Waals surface area contributed by atoms with E-state index in [4.69, 9.17) is 9.47 Å². The first kappa shape index (κ1) is 16.1. The van der Waals surface area contributed by atoms with Crippen LogP contribution < -0.4 is 0 Å². The molecule has 0 atom stereocenters. The molecule has 2 rings (SSSR count). The molecule has 2 heterocycles. The van der Waals surface area contributed by atoms with Crippen LogP contribution in [-0.2, 0) is 14.3 Å². The minimum Gasteiger partial charge on any atom is -0.444 e. The molecule has 120 valence electrons. The smallest absolute Gasteiger partial charge is 0.410 e. The molecule has 2 amide bonds. The van der Waals surface area contributed by atoms with Crippen molar-refractivity contribution in [2.75, 3.05) is 32.8 Å². The maximum atomic E-state index is 12.1. The highest BCUT2D eigenvalue weighted by Gasteiger charge is 2.41. The van der Waals surface area contributed by atoms with Gasteiger partial charge in [-0.25, -0.2) is 4.79 Å². The van der Waals surface area contributed by atoms with Crippen molar-refractivity contribution in [2.24, 2.45) is 0 Å². The van der Waals surface area contributed by atoms with E-state index in [9.17, 15) is 9.59 Å². The third-order valence-electron chi connectivity index (χ3n) is 4.02. The summed E-state index contributed by atoms with van der Waals surface area (Å²) >= 11 is 0. The summed E-state index contributed by atoms with van der Waals surface area (Å²) in [6, 6.07) is 0. The number of morpholine rings is 1. The molecule has 0 bridgehead atoms. The van der Waals surface area contributed by atoms with Gasteiger partial charge >= 0.3 is 6.09 Å². The number of nitrogens with zero attached hydrogens (tertiary/aromatic N) is 2. The number of carbonyl (C=O) groups is 2. The van der Waals surface area contributed by atoms with Crippen LogP contribution in [0.4, 0.5) is 4.79 Å². The minimum absolute atomic E-state index is 0.0900. The summed E-state index contributed by atoms with van der Waals surface area (Å²) in [5, 5.41) is 0. The standard InChI is InChI=1S/C15H26N2O4/c1-12(18)17-9-10-20-15(11-17)5-7-16(8-6-15)13(19)21-14(2,3)4/h5-11H2,1-4H3. The summed E-state index contributed by atoms with van der Waals surface area (Å²) in [5.41, 5.74) is -0.762. The zero-order valence-electron chi connectivity index (χ0n) is 13.5. The van der Waals surface area contributed by atoms with Crippen LogP contribution in [0.1, 0.15) is 40.5 Å². The normalized spacial score (nSPS) is 22.3. The Balaban J connectivity index is 1.90. The predicted molar refractivity (Wildman–Crippen MR) is 78.0 cm³/mol. The lowest BCUT2D eigenvalue weighted by Crippen LogP contribution is -2.58. The van der Waals surface area contributed by atoms with Crippen LogP contribution in [0.5, 0.6) is 0 Å². The van der Waals surface area contributed by atoms with E-state index in [1.54, 1.807) is 11.8 Å². The maximum absolute atomic E-state index is 12.1. The number of carbonyl (C=O) groups excluding carboxylic acids is 2. The first-order valence-electron chi connectivity index (χ1n) is 7.58. The van der Waals surface area contributed by atoms with Crippen molar-refractivity contribution >= 4 is 12.0 Å². The van der Waals surface area contributed by atoms with Gasteiger partial charge in [0.1, 0.15) is 5.60 Å². The molecular weight excluding hydrogens is 272 g/mol. The number of amides is 2. The molecule has 2 saturated heterocycles. The molecule has 0 aromatic heterocycles. The molecule has 0 saturated carbocycles. The first-order chi connectivity index (χ1) is 9.71. The minimum atomic E-state index is -0.473. The van der Waals surface area contributed by atoms with Crippen molar-refractivity contribution in [3.8, 4) is 0 Å². The fraction of sp³-hybridized carbons (Fsp3) is 0.867. The molecule has 0 radical (unpaired) electrons. The van der Waals surface area contributed by atoms with Gasteiger partial charge in [-0.2, -0.15) is 0 Å². The van der Waals surface area contributed by atoms with E-state index < -0.39 is 5.60 Å². The molecule has 2 aliphatic rings. The van der Waals surface area contributed by atoms with Gasteiger partial charge in [0, 0.05) is 33.1 Å². The zero-order chi connectivity index (χ0) is 15.7. The van der Waals surface area contributed by atoms with Crippen molar-refractivity contribution in [3.05, 3.63) is 0 Å². The van der Waals surface area contributed by atoms with Crippen LogP contribution in [-0.4, -0.2) is 65.8 Å². The first-order valence-corrected chi connectivity index (χ1v) is 7.58. The van der Waals surface area contributed by atoms with Crippen LogP contribution >= 0.6 is 0 Å². The second kappa shape index (κ2) is 5.83. The van der Waals surface area contributed by atoms with Gasteiger partial charge < -0.3 is 19.3 Å². The summed E-state index contributed by atoms with van der Waals surface area (Å²) in [4.78, 5) is 27.2. The predicted octanol–water partition coefficient (Wildman–Crippen LogP) is 1.63. The summed E-state index contributed by atoms with van der Waals surface area (Å²) < 4.78 is 11.3. The second-order valence-corrected chi connectivity index (χ2v) is 6.94. The van der Waals surface area contributed by atoms with Crippen molar-refractivity contribution < 1.29 is 19.1 Å². The molecule has 21 heavy (non-hydrogen) atoms. The largest absolute Gasteiger partial charge is 0.444 e. The van der Waals surface area contributed by atoms with Crippen molar-refractivity contribution in [2.45, 2.75) is 51.7 Å². The Hall–Kier alpha value is -1.30. The molecule has 6 heteroatoms. The van der Waals surface area contributed by atoms with Gasteiger partial charge in [0.2, 0.25) is 5.91 Å². The zero-order valence-corrected chi connectivity index (χ0v) is 13.5. The topological polar surface area (TPSA) is 59.1 Å². The quantitative estimate of drug-likeness (QED) is 0.682. The van der Waals surface area contributed by atoms with Gasteiger partial charge in [0.15, 0.2) is 0 Å². The summed E-state index contributed by atoms with van der Waals surface area (Å²) in [6.45, 7) is 10.3. The highest BCUT2D eigenvalue weighted by Crippen LogP contribution is 2.30. The Morgan fingerprint density at radius 3 is 2.24 bits per heavy atom. The van der Waals surface area contributed by atoms with E-state index >= 15 is 0 Å². The Labute approximate surface area is 126 Å². The molecule has 1 spiro atoms. The molecule has 0 N–H and O–H groups in total. The van der Waals surface area contributed by atoms with E-state index in [0.29, 0.717) is 32.8 Å². The van der Waals surface area contributed by atoms with Crippen molar-refractivity contribution in [1.29, 1.82) is 0 Å². The molecule has 2 aliphatic heterocycles. The summed E-state index contributed by atoms with van der Waals surface area (Å²) in [6.07, 6.45) is 1.23. The lowest BCUT2D eigenvalue weighted by atomic mass is 9.89. The lowest BCUT2D eigenvalue weighted by molar-refractivity contribution is -0.157. The van der Waals surface area contributed by atoms with Crippen LogP contribution in [0.2, 0.25) is 0 Å². The molecule has 2 fully saturated rings. The SMILES string of the molecule is CC(=O)N1CCOC2(CCN(C(=O)OC(C)(C)C)CC2)C1. The molecule has 0 aromatic carbocycles. The molecular formula is C15H26N2O4. The van der Waals surface area contributed by atoms with E-state index in [1.165, 1.54) is 0 Å². The maximum Gasteiger partial charge on any atom is 0.410 e. The van der Waals surface area contributed by atoms with Crippen molar-refractivity contribution in [3.63, 3.8) is 0 Å². The van der Waals surface area contributed by atoms with Crippen molar-refractivity contribution in [1.82, 2.24) is 9.80 Å². The monoisotopic (exact) mass is 298 g/mol. The van der Waals surface area contributed by atoms with Crippen LogP contribution in [0.25, 0.3) is 0 Å². The second-order valence-electron chi connectivity index (χ2n) is 6.94. The van der Waals surface area contributed by atoms with Crippen LogP contribution in [0.15, 0.2) is 0 Å². The van der Waals surface area contributed by atoms with Gasteiger partial charge in [0.05, 0.1) is 12.2 Å². The molecule has 0 aliphatic carbocycles. The van der Waals surface area contributed by atoms with E-state index in [1.807, 2.05) is 25.7 Å². The van der Waals surface area contributed by atoms with E-state index in [0.717, 1.165) is 12.8 Å². The Morgan fingerprint density at radius 2 is 1.71 bits per heavy atom. The Bertz CT molecular complexity index is 408. The van der Waals surface area contributed by atoms with Crippen LogP contribution in [0, 0.1) is 0 Å². The third-order valence-corrected chi connectivity index (χ3v) is 4.02. The van der Waals surface area contributed by atoms with Gasteiger partial charge in [-0.05, 0) is 33.6 Å². The Kier molecular flexibility index (Phi) is 4.46. The highest BCUT2D eigenvalue weighted by molar-refractivity contribution is 5.73. The number of hydrogen-bond donors (Lipinski definition) is 0. The van der Waals surface area contributed by atoms with E-state index in [2.05, 4.69) is 0 Å². The number of rotatable bonds is 0. The number of likely N-dealkylation sites (tertiary alicyclic amines) is 1. The highest BCUT2D eigenvalue weighted by atomic mass is 16.6. The fourth-order valence-corrected chi connectivity index (χ4v) is 2.84. The number of ether oxygens (including phenoxy) is 2. The van der Waals surface area contributed by atoms with Gasteiger partial charge in [0.25, 0.3) is 0 Å². The lowest BCUT2D eigenvalue weighted by Gasteiger charge is -2.47. The Morgan fingerprint density at radius 1 is 1.10 bits per heavy atom. The molecule has 0 aromatic rings. The summed E-state index contributed by atoms with van der Waals surface area (Å²) in [5.74, 6) is 0.0900. The van der Waals surface area contributed by atoms with Crippen LogP contribution in [0.3, 0.4) is 0 Å². The molecule has 6 nitrogen and oxygen atoms in total. The average molecular weight is 298 g/mol. The number of hydrogen-bond acceptors (Lipinski definition) is 4. The van der Waals surface area contributed by atoms with Gasteiger partial charge in [-0.1, -0.05) is 0 Å². The number of piperidine rings is 1.